The van der Waals surface area contributed by atoms with Gasteiger partial charge in [0, 0.05) is 12.5 Å². The van der Waals surface area contributed by atoms with Crippen molar-refractivity contribution in [1.82, 2.24) is 0 Å². The Kier molecular flexibility index (Phi) is 5.78. The highest BCUT2D eigenvalue weighted by Crippen LogP contribution is 2.25. The summed E-state index contributed by atoms with van der Waals surface area (Å²) in [4.78, 5) is 11.4. The Labute approximate surface area is 131 Å². The zero-order chi connectivity index (χ0) is 15.8. The molecule has 0 radical (unpaired) electrons. The molecule has 0 aliphatic carbocycles. The van der Waals surface area contributed by atoms with Crippen LogP contribution in [0.2, 0.25) is 0 Å². The van der Waals surface area contributed by atoms with Crippen LogP contribution < -0.4 is 4.74 Å². The molecule has 0 aromatic heterocycles. The van der Waals surface area contributed by atoms with Crippen molar-refractivity contribution in [3.05, 3.63) is 67.3 Å². The average molecular weight is 296 g/mol. The van der Waals surface area contributed by atoms with Gasteiger partial charge in [0.15, 0.2) is 0 Å². The molecule has 22 heavy (non-hydrogen) atoms. The minimum absolute atomic E-state index is 0.474. The summed E-state index contributed by atoms with van der Waals surface area (Å²) in [6, 6.07) is 17.8. The van der Waals surface area contributed by atoms with Crippen molar-refractivity contribution in [3.8, 4) is 16.9 Å². The van der Waals surface area contributed by atoms with Crippen LogP contribution in [-0.4, -0.2) is 12.3 Å². The third kappa shape index (κ3) is 4.48. The van der Waals surface area contributed by atoms with Gasteiger partial charge in [-0.3, -0.25) is 0 Å². The molecule has 0 N–H and O–H groups in total. The molecule has 0 aliphatic rings. The summed E-state index contributed by atoms with van der Waals surface area (Å²) in [6.45, 7) is 5.42. The molecule has 114 valence electrons. The highest BCUT2D eigenvalue weighted by molar-refractivity contribution is 5.81. The first-order chi connectivity index (χ1) is 10.7. The van der Waals surface area contributed by atoms with Crippen LogP contribution in [0.1, 0.15) is 19.8 Å². The molecule has 0 fully saturated rings. The Morgan fingerprint density at radius 3 is 2.55 bits per heavy atom. The first kappa shape index (κ1) is 15.8. The molecule has 3 heteroatoms. The van der Waals surface area contributed by atoms with Gasteiger partial charge in [0.2, 0.25) is 6.29 Å². The highest BCUT2D eigenvalue weighted by Gasteiger charge is 2.13. The van der Waals surface area contributed by atoms with Crippen molar-refractivity contribution in [2.75, 3.05) is 0 Å². The number of hydrogen-bond donors (Lipinski definition) is 0. The zero-order valence-corrected chi connectivity index (χ0v) is 12.7. The maximum atomic E-state index is 11.4. The predicted molar refractivity (Wildman–Crippen MR) is 87.5 cm³/mol. The molecule has 1 atom stereocenters. The van der Waals surface area contributed by atoms with Gasteiger partial charge in [-0.15, -0.1) is 0 Å². The van der Waals surface area contributed by atoms with Crippen molar-refractivity contribution < 1.29 is 14.3 Å². The average Bonchev–Trinajstić information content (AvgIpc) is 2.56. The van der Waals surface area contributed by atoms with Gasteiger partial charge in [0.25, 0.3) is 0 Å². The summed E-state index contributed by atoms with van der Waals surface area (Å²) in [5, 5.41) is 0. The van der Waals surface area contributed by atoms with Gasteiger partial charge in [0.05, 0.1) is 0 Å². The van der Waals surface area contributed by atoms with Gasteiger partial charge in [-0.25, -0.2) is 4.79 Å². The maximum absolute atomic E-state index is 11.4. The van der Waals surface area contributed by atoms with Crippen LogP contribution >= 0.6 is 0 Å². The molecule has 3 nitrogen and oxygen atoms in total. The van der Waals surface area contributed by atoms with Gasteiger partial charge in [-0.2, -0.15) is 0 Å². The van der Waals surface area contributed by atoms with Crippen LogP contribution in [0, 0.1) is 0 Å². The third-order valence-electron chi connectivity index (χ3n) is 3.15. The van der Waals surface area contributed by atoms with Gasteiger partial charge < -0.3 is 9.47 Å². The van der Waals surface area contributed by atoms with Crippen LogP contribution in [0.3, 0.4) is 0 Å². The summed E-state index contributed by atoms with van der Waals surface area (Å²) in [6.07, 6.45) is 2.04. The lowest BCUT2D eigenvalue weighted by Crippen LogP contribution is -2.23. The zero-order valence-electron chi connectivity index (χ0n) is 12.7. The van der Waals surface area contributed by atoms with E-state index >= 15 is 0 Å². The van der Waals surface area contributed by atoms with E-state index in [4.69, 9.17) is 9.47 Å². The quantitative estimate of drug-likeness (QED) is 0.426. The van der Waals surface area contributed by atoms with E-state index in [9.17, 15) is 4.79 Å². The van der Waals surface area contributed by atoms with Gasteiger partial charge in [-0.1, -0.05) is 56.0 Å². The van der Waals surface area contributed by atoms with Crippen molar-refractivity contribution in [2.24, 2.45) is 0 Å². The van der Waals surface area contributed by atoms with E-state index in [1.807, 2.05) is 61.5 Å². The van der Waals surface area contributed by atoms with E-state index < -0.39 is 12.3 Å². The second kappa shape index (κ2) is 8.03. The summed E-state index contributed by atoms with van der Waals surface area (Å²) < 4.78 is 11.0. The second-order valence-electron chi connectivity index (χ2n) is 4.87. The van der Waals surface area contributed by atoms with E-state index in [0.29, 0.717) is 12.2 Å². The summed E-state index contributed by atoms with van der Waals surface area (Å²) in [7, 11) is 0. The molecule has 0 heterocycles. The fourth-order valence-electron chi connectivity index (χ4n) is 2.09. The van der Waals surface area contributed by atoms with Gasteiger partial charge >= 0.3 is 5.97 Å². The number of rotatable bonds is 7. The van der Waals surface area contributed by atoms with E-state index in [-0.39, 0.29) is 0 Å². The first-order valence-corrected chi connectivity index (χ1v) is 7.38. The summed E-state index contributed by atoms with van der Waals surface area (Å²) in [5.41, 5.74) is 2.17. The van der Waals surface area contributed by atoms with Crippen molar-refractivity contribution in [2.45, 2.75) is 26.1 Å². The second-order valence-corrected chi connectivity index (χ2v) is 4.87. The molecule has 1 unspecified atom stereocenters. The lowest BCUT2D eigenvalue weighted by molar-refractivity contribution is -0.158. The Balaban J connectivity index is 2.14. The van der Waals surface area contributed by atoms with E-state index in [1.54, 1.807) is 0 Å². The van der Waals surface area contributed by atoms with Crippen molar-refractivity contribution in [1.29, 1.82) is 0 Å². The maximum Gasteiger partial charge on any atom is 0.333 e. The third-order valence-corrected chi connectivity index (χ3v) is 3.15. The predicted octanol–water partition coefficient (Wildman–Crippen LogP) is 4.59. The molecule has 2 rings (SSSR count). The molecule has 0 saturated heterocycles. The minimum Gasteiger partial charge on any atom is -0.455 e. The minimum atomic E-state index is -0.596. The smallest absolute Gasteiger partial charge is 0.333 e. The number of esters is 1. The van der Waals surface area contributed by atoms with E-state index in [0.717, 1.165) is 23.6 Å². The normalized spacial score (nSPS) is 11.5. The topological polar surface area (TPSA) is 35.5 Å². The molecular weight excluding hydrogens is 276 g/mol. The Bertz CT molecular complexity index is 620. The highest BCUT2D eigenvalue weighted by atomic mass is 16.7. The molecule has 2 aromatic rings. The van der Waals surface area contributed by atoms with Crippen molar-refractivity contribution in [3.63, 3.8) is 0 Å². The molecule has 0 bridgehead atoms. The number of ether oxygens (including phenoxy) is 2. The van der Waals surface area contributed by atoms with Crippen LogP contribution in [0.25, 0.3) is 11.1 Å². The summed E-state index contributed by atoms with van der Waals surface area (Å²) in [5.74, 6) is 0.203. The fraction of sp³-hybridized carbons (Fsp3) is 0.211. The summed E-state index contributed by atoms with van der Waals surface area (Å²) >= 11 is 0. The van der Waals surface area contributed by atoms with E-state index in [1.165, 1.54) is 0 Å². The molecular formula is C19H20O3. The lowest BCUT2D eigenvalue weighted by atomic mass is 10.1. The van der Waals surface area contributed by atoms with E-state index in [2.05, 4.69) is 6.58 Å². The van der Waals surface area contributed by atoms with Gasteiger partial charge in [-0.05, 0) is 29.7 Å². The molecule has 2 aromatic carbocycles. The van der Waals surface area contributed by atoms with Crippen LogP contribution in [0.15, 0.2) is 67.3 Å². The SMILES string of the molecule is C=CC(=O)OC(CCC)Oc1cccc(-c2ccccc2)c1. The van der Waals surface area contributed by atoms with Crippen LogP contribution in [0.5, 0.6) is 5.75 Å². The first-order valence-electron chi connectivity index (χ1n) is 7.38. The molecule has 0 saturated carbocycles. The Morgan fingerprint density at radius 2 is 1.86 bits per heavy atom. The number of carbonyl (C=O) groups is 1. The lowest BCUT2D eigenvalue weighted by Gasteiger charge is -2.18. The Morgan fingerprint density at radius 1 is 1.14 bits per heavy atom. The van der Waals surface area contributed by atoms with Gasteiger partial charge in [0.1, 0.15) is 5.75 Å². The standard InChI is InChI=1S/C19H20O3/c1-3-9-19(22-18(20)4-2)21-17-13-8-12-16(14-17)15-10-6-5-7-11-15/h4-8,10-14,19H,2-3,9H2,1H3. The molecule has 0 amide bonds. The number of carbonyl (C=O) groups excluding carboxylic acids is 1. The number of hydrogen-bond acceptors (Lipinski definition) is 3. The fourth-order valence-corrected chi connectivity index (χ4v) is 2.09. The largest absolute Gasteiger partial charge is 0.455 e. The van der Waals surface area contributed by atoms with Crippen molar-refractivity contribution >= 4 is 5.97 Å². The van der Waals surface area contributed by atoms with Crippen LogP contribution in [0.4, 0.5) is 0 Å². The molecule has 0 spiro atoms. The monoisotopic (exact) mass is 296 g/mol. The van der Waals surface area contributed by atoms with Crippen LogP contribution in [-0.2, 0) is 9.53 Å². The number of benzene rings is 2. The molecule has 0 aliphatic heterocycles. The Hall–Kier alpha value is -2.55.